The normalized spacial score (nSPS) is 12.2. The molecule has 0 bridgehead atoms. The first-order chi connectivity index (χ1) is 13.9. The van der Waals surface area contributed by atoms with Crippen LogP contribution in [-0.2, 0) is 26.6 Å². The Balaban J connectivity index is 2.50. The molecule has 0 spiro atoms. The Bertz CT molecular complexity index is 530. The van der Waals surface area contributed by atoms with Gasteiger partial charge in [-0.1, -0.05) is 0 Å². The molecule has 13 heteroatoms. The summed E-state index contributed by atoms with van der Waals surface area (Å²) >= 11 is 0. The lowest BCUT2D eigenvalue weighted by molar-refractivity contribution is 0.122. The number of hydrogen-bond donors (Lipinski definition) is 2. The fraction of sp³-hybridized carbons (Fsp3) is 0.812. The average molecular weight is 450 g/mol. The zero-order chi connectivity index (χ0) is 21.8. The van der Waals surface area contributed by atoms with Gasteiger partial charge in [0.1, 0.15) is 5.82 Å². The van der Waals surface area contributed by atoms with E-state index in [9.17, 15) is 0 Å². The van der Waals surface area contributed by atoms with Crippen LogP contribution in [0.5, 0.6) is 0 Å². The van der Waals surface area contributed by atoms with Crippen molar-refractivity contribution in [3.63, 3.8) is 0 Å². The van der Waals surface area contributed by atoms with Crippen molar-refractivity contribution < 1.29 is 26.6 Å². The molecule has 0 aliphatic rings. The molecule has 1 aromatic rings. The molecule has 0 amide bonds. The number of nitrogens with one attached hydrogen (secondary N) is 2. The van der Waals surface area contributed by atoms with Gasteiger partial charge in [-0.3, -0.25) is 0 Å². The van der Waals surface area contributed by atoms with Crippen molar-refractivity contribution in [2.75, 3.05) is 66.4 Å². The van der Waals surface area contributed by atoms with Gasteiger partial charge in [-0.15, -0.1) is 0 Å². The monoisotopic (exact) mass is 449 g/mol. The highest BCUT2D eigenvalue weighted by molar-refractivity contribution is 6.60. The summed E-state index contributed by atoms with van der Waals surface area (Å²) in [5, 5.41) is 6.43. The second kappa shape index (κ2) is 13.2. The van der Waals surface area contributed by atoms with Gasteiger partial charge in [0.05, 0.1) is 0 Å². The van der Waals surface area contributed by atoms with Crippen LogP contribution in [0.2, 0.25) is 12.1 Å². The van der Waals surface area contributed by atoms with Crippen LogP contribution in [-0.4, -0.2) is 88.3 Å². The van der Waals surface area contributed by atoms with Gasteiger partial charge in [0.15, 0.2) is 0 Å². The Morgan fingerprint density at radius 2 is 0.966 bits per heavy atom. The van der Waals surface area contributed by atoms with Crippen LogP contribution in [0.4, 0.5) is 11.9 Å². The zero-order valence-electron chi connectivity index (χ0n) is 18.5. The number of rotatable bonds is 16. The molecule has 29 heavy (non-hydrogen) atoms. The molecule has 0 unspecified atom stereocenters. The topological polar surface area (TPSA) is 118 Å². The quantitative estimate of drug-likeness (QED) is 0.282. The number of nitrogens with zero attached hydrogens (tertiary/aromatic N) is 3. The molecule has 0 aliphatic heterocycles. The minimum atomic E-state index is -2.56. The molecule has 1 rings (SSSR count). The molecule has 0 saturated heterocycles. The van der Waals surface area contributed by atoms with Gasteiger partial charge in [0, 0.05) is 67.8 Å². The van der Waals surface area contributed by atoms with Gasteiger partial charge in [0.25, 0.3) is 0 Å². The third kappa shape index (κ3) is 8.21. The largest absolute Gasteiger partial charge is 0.500 e. The van der Waals surface area contributed by atoms with E-state index in [2.05, 4.69) is 25.6 Å². The molecular formula is C16H35N5O6Si2. The molecule has 0 atom stereocenters. The zero-order valence-corrected chi connectivity index (χ0v) is 20.5. The SMILES string of the molecule is CO[Si](CCCNc1nc(C)nc(NCCC[Si](OC)(OC)OC)n1)(OC)OC. The smallest absolute Gasteiger partial charge is 0.377 e. The lowest BCUT2D eigenvalue weighted by Gasteiger charge is -2.24. The van der Waals surface area contributed by atoms with E-state index in [0.717, 1.165) is 12.8 Å². The number of anilines is 2. The Morgan fingerprint density at radius 3 is 1.28 bits per heavy atom. The lowest BCUT2D eigenvalue weighted by Crippen LogP contribution is -2.42. The molecule has 11 nitrogen and oxygen atoms in total. The van der Waals surface area contributed by atoms with E-state index in [-0.39, 0.29) is 0 Å². The standard InChI is InChI=1S/C16H35N5O6Si2/c1-14-19-15(17-10-8-12-28(22-2,23-3)24-4)21-16(20-14)18-11-9-13-29(25-5,26-6)27-7/h8-13H2,1-7H3,(H2,17,18,19,20,21). The highest BCUT2D eigenvalue weighted by Crippen LogP contribution is 2.16. The Labute approximate surface area is 175 Å². The first-order valence-electron chi connectivity index (χ1n) is 9.43. The van der Waals surface area contributed by atoms with E-state index in [0.29, 0.717) is 42.9 Å². The van der Waals surface area contributed by atoms with E-state index in [4.69, 9.17) is 26.6 Å². The van der Waals surface area contributed by atoms with Crippen LogP contribution in [0, 0.1) is 6.92 Å². The minimum Gasteiger partial charge on any atom is -0.377 e. The van der Waals surface area contributed by atoms with Gasteiger partial charge in [-0.05, 0) is 19.8 Å². The Morgan fingerprint density at radius 1 is 0.621 bits per heavy atom. The van der Waals surface area contributed by atoms with Crippen molar-refractivity contribution >= 4 is 29.5 Å². The van der Waals surface area contributed by atoms with Crippen LogP contribution in [0.1, 0.15) is 18.7 Å². The average Bonchev–Trinajstić information content (AvgIpc) is 2.75. The van der Waals surface area contributed by atoms with Gasteiger partial charge in [-0.25, -0.2) is 0 Å². The van der Waals surface area contributed by atoms with Crippen molar-refractivity contribution in [2.45, 2.75) is 31.9 Å². The van der Waals surface area contributed by atoms with Crippen molar-refractivity contribution in [2.24, 2.45) is 0 Å². The molecule has 168 valence electrons. The first kappa shape index (κ1) is 25.8. The van der Waals surface area contributed by atoms with Gasteiger partial charge in [0.2, 0.25) is 11.9 Å². The molecule has 1 aromatic heterocycles. The van der Waals surface area contributed by atoms with Crippen LogP contribution in [0.15, 0.2) is 0 Å². The van der Waals surface area contributed by atoms with Gasteiger partial charge < -0.3 is 37.2 Å². The summed E-state index contributed by atoms with van der Waals surface area (Å²) < 4.78 is 32.5. The second-order valence-electron chi connectivity index (χ2n) is 6.18. The van der Waals surface area contributed by atoms with Gasteiger partial charge >= 0.3 is 17.6 Å². The van der Waals surface area contributed by atoms with Crippen LogP contribution < -0.4 is 10.6 Å². The van der Waals surface area contributed by atoms with Crippen molar-refractivity contribution in [1.29, 1.82) is 0 Å². The summed E-state index contributed by atoms with van der Waals surface area (Å²) in [6, 6.07) is 1.39. The number of hydrogen-bond acceptors (Lipinski definition) is 11. The lowest BCUT2D eigenvalue weighted by atomic mass is 10.5. The second-order valence-corrected chi connectivity index (χ2v) is 12.4. The van der Waals surface area contributed by atoms with Crippen LogP contribution in [0.25, 0.3) is 0 Å². The Kier molecular flexibility index (Phi) is 11.7. The van der Waals surface area contributed by atoms with Crippen molar-refractivity contribution in [1.82, 2.24) is 15.0 Å². The van der Waals surface area contributed by atoms with Crippen LogP contribution in [0.3, 0.4) is 0 Å². The highest BCUT2D eigenvalue weighted by atomic mass is 28.4. The molecule has 0 radical (unpaired) electrons. The minimum absolute atomic E-state index is 0.522. The summed E-state index contributed by atoms with van der Waals surface area (Å²) in [7, 11) is 4.54. The van der Waals surface area contributed by atoms with Crippen LogP contribution >= 0.6 is 0 Å². The predicted octanol–water partition coefficient (Wildman–Crippen LogP) is 1.54. The van der Waals surface area contributed by atoms with Gasteiger partial charge in [-0.2, -0.15) is 15.0 Å². The Hall–Kier alpha value is -1.20. The molecule has 0 aliphatic carbocycles. The predicted molar refractivity (Wildman–Crippen MR) is 114 cm³/mol. The molecule has 1 heterocycles. The summed E-state index contributed by atoms with van der Waals surface area (Å²) in [6.45, 7) is 3.16. The molecular weight excluding hydrogens is 414 g/mol. The van der Waals surface area contributed by atoms with E-state index in [1.54, 1.807) is 42.7 Å². The highest BCUT2D eigenvalue weighted by Gasteiger charge is 2.37. The van der Waals surface area contributed by atoms with E-state index in [1.807, 2.05) is 6.92 Å². The molecule has 0 saturated carbocycles. The maximum atomic E-state index is 5.42. The summed E-state index contributed by atoms with van der Waals surface area (Å²) in [5.41, 5.74) is 0. The number of aromatic nitrogens is 3. The molecule has 0 fully saturated rings. The maximum Gasteiger partial charge on any atom is 0.500 e. The summed E-state index contributed by atoms with van der Waals surface area (Å²) in [5.74, 6) is 1.68. The van der Waals surface area contributed by atoms with Crippen molar-refractivity contribution in [3.05, 3.63) is 5.82 Å². The summed E-state index contributed by atoms with van der Waals surface area (Å²) in [6.07, 6.45) is 1.60. The van der Waals surface area contributed by atoms with E-state index < -0.39 is 17.6 Å². The fourth-order valence-corrected chi connectivity index (χ4v) is 6.21. The third-order valence-electron chi connectivity index (χ3n) is 4.50. The summed E-state index contributed by atoms with van der Waals surface area (Å²) in [4.78, 5) is 13.1. The first-order valence-corrected chi connectivity index (χ1v) is 13.3. The number of aryl methyl sites for hydroxylation is 1. The van der Waals surface area contributed by atoms with Crippen molar-refractivity contribution in [3.8, 4) is 0 Å². The van der Waals surface area contributed by atoms with E-state index in [1.165, 1.54) is 0 Å². The molecule has 0 aromatic carbocycles. The van der Waals surface area contributed by atoms with E-state index >= 15 is 0 Å². The third-order valence-corrected chi connectivity index (χ3v) is 10.2. The fourth-order valence-electron chi connectivity index (χ4n) is 2.76. The maximum absolute atomic E-state index is 5.42. The molecule has 2 N–H and O–H groups in total.